The van der Waals surface area contributed by atoms with Gasteiger partial charge in [0.25, 0.3) is 0 Å². The van der Waals surface area contributed by atoms with Crippen LogP contribution in [0.2, 0.25) is 0 Å². The fourth-order valence-corrected chi connectivity index (χ4v) is 6.20. The number of carbonyl (C=O) groups is 4. The van der Waals surface area contributed by atoms with E-state index in [0.29, 0.717) is 23.1 Å². The molecule has 6 atom stereocenters. The van der Waals surface area contributed by atoms with E-state index in [1.54, 1.807) is 30.3 Å². The van der Waals surface area contributed by atoms with E-state index in [4.69, 9.17) is 4.74 Å². The minimum absolute atomic E-state index is 0.144. The fourth-order valence-electron chi connectivity index (χ4n) is 6.20. The summed E-state index contributed by atoms with van der Waals surface area (Å²) in [5.74, 6) is -0.535. The minimum Gasteiger partial charge on any atom is -0.454 e. The van der Waals surface area contributed by atoms with Gasteiger partial charge in [-0.3, -0.25) is 14.4 Å². The number of anilines is 1. The lowest BCUT2D eigenvalue weighted by Crippen LogP contribution is -2.40. The molecule has 5 aliphatic rings. The normalized spacial score (nSPS) is 30.2. The van der Waals surface area contributed by atoms with Crippen molar-refractivity contribution in [2.75, 3.05) is 11.5 Å². The van der Waals surface area contributed by atoms with Gasteiger partial charge in [0.1, 0.15) is 0 Å². The average molecular weight is 456 g/mol. The van der Waals surface area contributed by atoms with Crippen molar-refractivity contribution in [2.45, 2.75) is 20.3 Å². The predicted octanol–water partition coefficient (Wildman–Crippen LogP) is 3.90. The first kappa shape index (κ1) is 21.0. The van der Waals surface area contributed by atoms with Crippen molar-refractivity contribution >= 4 is 29.3 Å². The van der Waals surface area contributed by atoms with Crippen LogP contribution in [0.3, 0.4) is 0 Å². The molecule has 2 aromatic carbocycles. The van der Waals surface area contributed by atoms with Crippen molar-refractivity contribution in [2.24, 2.45) is 35.5 Å². The topological polar surface area (TPSA) is 80.8 Å². The van der Waals surface area contributed by atoms with E-state index in [9.17, 15) is 19.2 Å². The molecule has 0 radical (unpaired) electrons. The predicted molar refractivity (Wildman–Crippen MR) is 124 cm³/mol. The summed E-state index contributed by atoms with van der Waals surface area (Å²) < 4.78 is 5.26. The van der Waals surface area contributed by atoms with Gasteiger partial charge in [0.05, 0.1) is 23.1 Å². The second-order valence-electron chi connectivity index (χ2n) is 10.0. The van der Waals surface area contributed by atoms with Crippen molar-refractivity contribution in [3.05, 3.63) is 76.9 Å². The molecule has 2 aromatic rings. The molecule has 2 saturated carbocycles. The molecule has 6 nitrogen and oxygen atoms in total. The number of ether oxygens (including phenoxy) is 1. The number of nitrogens with zero attached hydrogens (tertiary/aromatic N) is 1. The van der Waals surface area contributed by atoms with Crippen LogP contribution in [0.25, 0.3) is 0 Å². The molecule has 34 heavy (non-hydrogen) atoms. The van der Waals surface area contributed by atoms with Gasteiger partial charge in [-0.2, -0.15) is 0 Å². The quantitative estimate of drug-likeness (QED) is 0.296. The zero-order chi connectivity index (χ0) is 23.7. The molecule has 4 aliphatic carbocycles. The van der Waals surface area contributed by atoms with Crippen LogP contribution in [0.4, 0.5) is 5.69 Å². The van der Waals surface area contributed by atoms with E-state index in [1.165, 1.54) is 11.0 Å². The van der Waals surface area contributed by atoms with Crippen LogP contribution in [0.1, 0.15) is 38.3 Å². The Labute approximate surface area is 197 Å². The number of ketones is 1. The first-order valence-corrected chi connectivity index (χ1v) is 11.8. The maximum absolute atomic E-state index is 13.3. The molecule has 1 heterocycles. The molecule has 7 rings (SSSR count). The molecular weight excluding hydrogens is 430 g/mol. The summed E-state index contributed by atoms with van der Waals surface area (Å²) in [7, 11) is 0. The highest BCUT2D eigenvalue weighted by Crippen LogP contribution is 2.65. The molecule has 6 heteroatoms. The van der Waals surface area contributed by atoms with Crippen molar-refractivity contribution in [3.63, 3.8) is 0 Å². The molecule has 1 aliphatic heterocycles. The van der Waals surface area contributed by atoms with Crippen LogP contribution < -0.4 is 4.90 Å². The van der Waals surface area contributed by atoms with Gasteiger partial charge in [0, 0.05) is 5.56 Å². The van der Waals surface area contributed by atoms with Crippen LogP contribution in [-0.4, -0.2) is 30.2 Å². The maximum Gasteiger partial charge on any atom is 0.338 e. The number of hydrogen-bond donors (Lipinski definition) is 0. The van der Waals surface area contributed by atoms with E-state index < -0.39 is 5.97 Å². The Morgan fingerprint density at radius 1 is 0.882 bits per heavy atom. The Morgan fingerprint density at radius 2 is 1.56 bits per heavy atom. The number of esters is 1. The van der Waals surface area contributed by atoms with Crippen LogP contribution in [0.5, 0.6) is 0 Å². The zero-order valence-electron chi connectivity index (χ0n) is 19.1. The summed E-state index contributed by atoms with van der Waals surface area (Å²) in [6.07, 6.45) is 5.38. The third-order valence-corrected chi connectivity index (χ3v) is 8.17. The molecular formula is C28H25NO5. The Balaban J connectivity index is 1.18. The fraction of sp³-hybridized carbons (Fsp3) is 0.357. The lowest BCUT2D eigenvalue weighted by atomic mass is 9.63. The number of benzene rings is 2. The number of amides is 2. The maximum atomic E-state index is 13.3. The van der Waals surface area contributed by atoms with Crippen molar-refractivity contribution in [1.82, 2.24) is 0 Å². The number of imide groups is 1. The second-order valence-corrected chi connectivity index (χ2v) is 10.0. The molecule has 0 aromatic heterocycles. The summed E-state index contributed by atoms with van der Waals surface area (Å²) in [5.41, 5.74) is 3.14. The average Bonchev–Trinajstić information content (AvgIpc) is 3.62. The third kappa shape index (κ3) is 3.08. The zero-order valence-corrected chi connectivity index (χ0v) is 19.1. The van der Waals surface area contributed by atoms with Gasteiger partial charge in [-0.15, -0.1) is 0 Å². The summed E-state index contributed by atoms with van der Waals surface area (Å²) >= 11 is 0. The lowest BCUT2D eigenvalue weighted by molar-refractivity contribution is -0.124. The standard InChI is InChI=1S/C28H25NO5/c1-14-6-7-16(10-15(14)2)23(30)13-34-28(33)17-4-3-5-18(11-17)29-26(31)24-19-8-9-20(22-12-21(19)22)25(24)27(29)32/h3-11,19-22,24-25H,12-13H2,1-2H3/t19-,20-,21-,22+,24+,25+/m0/s1. The Hall–Kier alpha value is -3.54. The molecule has 3 fully saturated rings. The Morgan fingerprint density at radius 3 is 2.21 bits per heavy atom. The highest BCUT2D eigenvalue weighted by molar-refractivity contribution is 6.23. The summed E-state index contributed by atoms with van der Waals surface area (Å²) in [6.45, 7) is 3.51. The number of allylic oxidation sites excluding steroid dienone is 2. The van der Waals surface area contributed by atoms with Crippen LogP contribution in [0.15, 0.2) is 54.6 Å². The number of carbonyl (C=O) groups excluding carboxylic acids is 4. The lowest BCUT2D eigenvalue weighted by Gasteiger charge is -2.37. The van der Waals surface area contributed by atoms with Gasteiger partial charge < -0.3 is 4.74 Å². The van der Waals surface area contributed by atoms with Gasteiger partial charge in [-0.05, 0) is 79.3 Å². The van der Waals surface area contributed by atoms with E-state index >= 15 is 0 Å². The molecule has 2 bridgehead atoms. The third-order valence-electron chi connectivity index (χ3n) is 8.17. The van der Waals surface area contributed by atoms with Gasteiger partial charge >= 0.3 is 5.97 Å². The summed E-state index contributed by atoms with van der Waals surface area (Å²) in [5, 5.41) is 0. The smallest absolute Gasteiger partial charge is 0.338 e. The van der Waals surface area contributed by atoms with Gasteiger partial charge in [-0.1, -0.05) is 30.4 Å². The van der Waals surface area contributed by atoms with Crippen LogP contribution >= 0.6 is 0 Å². The number of hydrogen-bond acceptors (Lipinski definition) is 5. The van der Waals surface area contributed by atoms with E-state index in [2.05, 4.69) is 12.2 Å². The first-order chi connectivity index (χ1) is 16.3. The molecule has 0 N–H and O–H groups in total. The minimum atomic E-state index is -0.668. The number of Topliss-reactive ketones (excluding diaryl/α,β-unsaturated/α-hetero) is 1. The van der Waals surface area contributed by atoms with E-state index in [1.807, 2.05) is 19.9 Å². The van der Waals surface area contributed by atoms with Gasteiger partial charge in [0.2, 0.25) is 11.8 Å². The van der Waals surface area contributed by atoms with E-state index in [-0.39, 0.29) is 53.4 Å². The highest BCUT2D eigenvalue weighted by Gasteiger charge is 2.67. The SMILES string of the molecule is Cc1ccc(C(=O)COC(=O)c2cccc(N3C(=O)[C@@H]4[C@H]5C=C[C@@H]([C@@H]6C[C@H]56)[C@H]4C3=O)c2)cc1C. The van der Waals surface area contributed by atoms with Crippen molar-refractivity contribution in [1.29, 1.82) is 0 Å². The largest absolute Gasteiger partial charge is 0.454 e. The van der Waals surface area contributed by atoms with Crippen LogP contribution in [0, 0.1) is 49.4 Å². The molecule has 0 unspecified atom stereocenters. The number of aryl methyl sites for hydroxylation is 2. The van der Waals surface area contributed by atoms with E-state index in [0.717, 1.165) is 17.5 Å². The summed E-state index contributed by atoms with van der Waals surface area (Å²) in [4.78, 5) is 53.0. The molecule has 1 saturated heterocycles. The van der Waals surface area contributed by atoms with Gasteiger partial charge in [-0.25, -0.2) is 9.69 Å². The highest BCUT2D eigenvalue weighted by atomic mass is 16.5. The molecule has 172 valence electrons. The first-order valence-electron chi connectivity index (χ1n) is 11.8. The Bertz CT molecular complexity index is 1260. The molecule has 2 amide bonds. The second kappa shape index (κ2) is 7.49. The van der Waals surface area contributed by atoms with Crippen molar-refractivity contribution < 1.29 is 23.9 Å². The Kier molecular flexibility index (Phi) is 4.63. The van der Waals surface area contributed by atoms with Crippen molar-refractivity contribution in [3.8, 4) is 0 Å². The monoisotopic (exact) mass is 455 g/mol. The summed E-state index contributed by atoms with van der Waals surface area (Å²) in [6, 6.07) is 11.7. The number of rotatable bonds is 5. The molecule has 0 spiro atoms. The van der Waals surface area contributed by atoms with Crippen LogP contribution in [-0.2, 0) is 14.3 Å². The van der Waals surface area contributed by atoms with Gasteiger partial charge in [0.15, 0.2) is 12.4 Å².